The van der Waals surface area contributed by atoms with Crippen LogP contribution in [0.15, 0.2) is 18.2 Å². The summed E-state index contributed by atoms with van der Waals surface area (Å²) in [5, 5.41) is 3.02. The Morgan fingerprint density at radius 2 is 1.90 bits per heavy atom. The Labute approximate surface area is 179 Å². The fourth-order valence-electron chi connectivity index (χ4n) is 4.87. The summed E-state index contributed by atoms with van der Waals surface area (Å²) in [5.74, 6) is 1.38. The molecule has 1 aliphatic carbocycles. The minimum Gasteiger partial charge on any atom is -0.493 e. The number of benzene rings is 1. The van der Waals surface area contributed by atoms with E-state index in [0.29, 0.717) is 18.8 Å². The SMILES string of the molecule is COC(=O)N1C[C@@H](c2ccc(OC)c(OC3CCCC3)c2)[C@](C)(C(C)NC(C)=O)C1. The summed E-state index contributed by atoms with van der Waals surface area (Å²) in [6, 6.07) is 5.88. The second kappa shape index (κ2) is 9.14. The van der Waals surface area contributed by atoms with Crippen LogP contribution in [-0.2, 0) is 9.53 Å². The molecule has 2 amide bonds. The molecule has 3 atom stereocenters. The monoisotopic (exact) mass is 418 g/mol. The van der Waals surface area contributed by atoms with Crippen LogP contribution in [0.25, 0.3) is 0 Å². The Bertz CT molecular complexity index is 777. The average Bonchev–Trinajstić information content (AvgIpc) is 3.35. The smallest absolute Gasteiger partial charge is 0.409 e. The molecule has 7 heteroatoms. The molecule has 0 aromatic heterocycles. The Kier molecular flexibility index (Phi) is 6.78. The van der Waals surface area contributed by atoms with E-state index in [1.807, 2.05) is 25.1 Å². The number of carbonyl (C=O) groups excluding carboxylic acids is 2. The summed E-state index contributed by atoms with van der Waals surface area (Å²) in [6.07, 6.45) is 4.36. The summed E-state index contributed by atoms with van der Waals surface area (Å²) in [4.78, 5) is 25.8. The highest BCUT2D eigenvalue weighted by Crippen LogP contribution is 2.47. The van der Waals surface area contributed by atoms with Gasteiger partial charge in [0.1, 0.15) is 0 Å². The van der Waals surface area contributed by atoms with E-state index in [4.69, 9.17) is 14.2 Å². The van der Waals surface area contributed by atoms with Crippen molar-refractivity contribution in [2.75, 3.05) is 27.3 Å². The molecule has 0 radical (unpaired) electrons. The van der Waals surface area contributed by atoms with Crippen LogP contribution in [0.4, 0.5) is 4.79 Å². The third kappa shape index (κ3) is 4.50. The number of methoxy groups -OCH3 is 2. The minimum absolute atomic E-state index is 0.00952. The number of hydrogen-bond donors (Lipinski definition) is 1. The molecule has 0 spiro atoms. The fraction of sp³-hybridized carbons (Fsp3) is 0.652. The molecule has 7 nitrogen and oxygen atoms in total. The molecule has 1 saturated heterocycles. The van der Waals surface area contributed by atoms with Gasteiger partial charge < -0.3 is 24.4 Å². The lowest BCUT2D eigenvalue weighted by Crippen LogP contribution is -2.47. The largest absolute Gasteiger partial charge is 0.493 e. The molecule has 1 saturated carbocycles. The second-order valence-corrected chi connectivity index (χ2v) is 8.77. The molecule has 1 aromatic carbocycles. The van der Waals surface area contributed by atoms with Gasteiger partial charge in [0.05, 0.1) is 20.3 Å². The van der Waals surface area contributed by atoms with Crippen molar-refractivity contribution in [1.82, 2.24) is 10.2 Å². The Morgan fingerprint density at radius 1 is 1.20 bits per heavy atom. The van der Waals surface area contributed by atoms with Crippen molar-refractivity contribution in [3.8, 4) is 11.5 Å². The van der Waals surface area contributed by atoms with Crippen molar-refractivity contribution in [3.63, 3.8) is 0 Å². The van der Waals surface area contributed by atoms with Gasteiger partial charge in [-0.1, -0.05) is 13.0 Å². The van der Waals surface area contributed by atoms with E-state index in [0.717, 1.165) is 24.2 Å². The molecular weight excluding hydrogens is 384 g/mol. The van der Waals surface area contributed by atoms with Crippen LogP contribution in [-0.4, -0.2) is 56.4 Å². The molecule has 1 aliphatic heterocycles. The van der Waals surface area contributed by atoms with Crippen LogP contribution in [0.2, 0.25) is 0 Å². The minimum atomic E-state index is -0.362. The molecule has 166 valence electrons. The number of ether oxygens (including phenoxy) is 3. The van der Waals surface area contributed by atoms with Gasteiger partial charge in [0.2, 0.25) is 5.91 Å². The quantitative estimate of drug-likeness (QED) is 0.762. The van der Waals surface area contributed by atoms with Crippen LogP contribution in [0, 0.1) is 5.41 Å². The molecule has 1 aromatic rings. The fourth-order valence-corrected chi connectivity index (χ4v) is 4.87. The maximum Gasteiger partial charge on any atom is 0.409 e. The lowest BCUT2D eigenvalue weighted by atomic mass is 9.71. The molecule has 3 rings (SSSR count). The molecule has 1 heterocycles. The van der Waals surface area contributed by atoms with E-state index >= 15 is 0 Å². The molecule has 1 N–H and O–H groups in total. The maximum atomic E-state index is 12.3. The summed E-state index contributed by atoms with van der Waals surface area (Å²) < 4.78 is 16.8. The predicted molar refractivity (Wildman–Crippen MR) is 114 cm³/mol. The lowest BCUT2D eigenvalue weighted by molar-refractivity contribution is -0.120. The summed E-state index contributed by atoms with van der Waals surface area (Å²) in [6.45, 7) is 6.64. The number of carbonyl (C=O) groups is 2. The van der Waals surface area contributed by atoms with E-state index in [2.05, 4.69) is 12.2 Å². The number of likely N-dealkylation sites (tertiary alicyclic amines) is 1. The lowest BCUT2D eigenvalue weighted by Gasteiger charge is -2.37. The van der Waals surface area contributed by atoms with E-state index in [1.165, 1.54) is 26.9 Å². The van der Waals surface area contributed by atoms with Gasteiger partial charge in [0, 0.05) is 37.4 Å². The third-order valence-corrected chi connectivity index (χ3v) is 6.76. The van der Waals surface area contributed by atoms with Crippen LogP contribution in [0.5, 0.6) is 11.5 Å². The van der Waals surface area contributed by atoms with Gasteiger partial charge in [-0.25, -0.2) is 4.79 Å². The van der Waals surface area contributed by atoms with E-state index < -0.39 is 0 Å². The predicted octanol–water partition coefficient (Wildman–Crippen LogP) is 3.71. The van der Waals surface area contributed by atoms with Crippen LogP contribution < -0.4 is 14.8 Å². The summed E-state index contributed by atoms with van der Waals surface area (Å²) in [5.41, 5.74) is 0.703. The van der Waals surface area contributed by atoms with Gasteiger partial charge in [0.25, 0.3) is 0 Å². The van der Waals surface area contributed by atoms with Crippen molar-refractivity contribution in [3.05, 3.63) is 23.8 Å². The number of nitrogens with zero attached hydrogens (tertiary/aromatic N) is 1. The number of amides is 2. The van der Waals surface area contributed by atoms with Gasteiger partial charge in [-0.3, -0.25) is 4.79 Å². The zero-order valence-electron chi connectivity index (χ0n) is 18.7. The highest BCUT2D eigenvalue weighted by atomic mass is 16.5. The first-order chi connectivity index (χ1) is 14.3. The van der Waals surface area contributed by atoms with Crippen molar-refractivity contribution in [1.29, 1.82) is 0 Å². The normalized spacial score (nSPS) is 25.1. The first-order valence-electron chi connectivity index (χ1n) is 10.7. The number of nitrogens with one attached hydrogen (secondary N) is 1. The number of hydrogen-bond acceptors (Lipinski definition) is 5. The average molecular weight is 419 g/mol. The Morgan fingerprint density at radius 3 is 2.50 bits per heavy atom. The zero-order chi connectivity index (χ0) is 21.9. The van der Waals surface area contributed by atoms with Gasteiger partial charge >= 0.3 is 6.09 Å². The number of rotatable bonds is 6. The standard InChI is InChI=1S/C23H34N2O5/c1-15(24-16(2)26)23(3)14-25(22(27)29-5)13-19(23)17-10-11-20(28-4)21(12-17)30-18-8-6-7-9-18/h10-12,15,18-19H,6-9,13-14H2,1-5H3,(H,24,26)/t15?,19-,23-/m0/s1. The molecular formula is C23H34N2O5. The van der Waals surface area contributed by atoms with Crippen LogP contribution >= 0.6 is 0 Å². The van der Waals surface area contributed by atoms with E-state index in [1.54, 1.807) is 12.0 Å². The Balaban J connectivity index is 1.94. The molecule has 2 fully saturated rings. The highest BCUT2D eigenvalue weighted by molar-refractivity contribution is 5.73. The zero-order valence-corrected chi connectivity index (χ0v) is 18.7. The Hall–Kier alpha value is -2.44. The van der Waals surface area contributed by atoms with Gasteiger partial charge in [-0.05, 0) is 50.3 Å². The van der Waals surface area contributed by atoms with Crippen molar-refractivity contribution < 1.29 is 23.8 Å². The summed E-state index contributed by atoms with van der Waals surface area (Å²) in [7, 11) is 3.04. The molecule has 1 unspecified atom stereocenters. The van der Waals surface area contributed by atoms with Crippen LogP contribution in [0.1, 0.15) is 57.9 Å². The van der Waals surface area contributed by atoms with E-state index in [9.17, 15) is 9.59 Å². The van der Waals surface area contributed by atoms with Crippen molar-refractivity contribution in [2.24, 2.45) is 5.41 Å². The molecule has 0 bridgehead atoms. The first-order valence-corrected chi connectivity index (χ1v) is 10.7. The van der Waals surface area contributed by atoms with Gasteiger partial charge in [-0.2, -0.15) is 0 Å². The molecule has 2 aliphatic rings. The van der Waals surface area contributed by atoms with Crippen molar-refractivity contribution in [2.45, 2.75) is 64.5 Å². The first kappa shape index (κ1) is 22.2. The highest BCUT2D eigenvalue weighted by Gasteiger charge is 2.49. The summed E-state index contributed by atoms with van der Waals surface area (Å²) >= 11 is 0. The van der Waals surface area contributed by atoms with Crippen LogP contribution in [0.3, 0.4) is 0 Å². The second-order valence-electron chi connectivity index (χ2n) is 8.77. The third-order valence-electron chi connectivity index (χ3n) is 6.76. The van der Waals surface area contributed by atoms with Crippen molar-refractivity contribution >= 4 is 12.0 Å². The molecule has 30 heavy (non-hydrogen) atoms. The van der Waals surface area contributed by atoms with E-state index in [-0.39, 0.29) is 35.5 Å². The van der Waals surface area contributed by atoms with Gasteiger partial charge in [0.15, 0.2) is 11.5 Å². The van der Waals surface area contributed by atoms with Gasteiger partial charge in [-0.15, -0.1) is 0 Å². The maximum absolute atomic E-state index is 12.3. The topological polar surface area (TPSA) is 77.1 Å².